The van der Waals surface area contributed by atoms with Crippen molar-refractivity contribution < 1.29 is 52.1 Å². The number of primary amides is 1. The number of nitrogens with zero attached hydrogens (tertiary/aromatic N) is 2. The van der Waals surface area contributed by atoms with Gasteiger partial charge in [-0.25, -0.2) is 0 Å². The number of amides is 1. The summed E-state index contributed by atoms with van der Waals surface area (Å²) in [4.78, 5) is 70.2. The number of ether oxygens (including phenoxy) is 1. The van der Waals surface area contributed by atoms with Gasteiger partial charge < -0.3 is 30.9 Å². The number of hydrogen-bond donors (Lipinski definition) is 4. The standard InChI is InChI=1S/C31H33F3N4O8/c1-37(2)19-11-18(36-12-13-5-7-15(8-6-13)46-31(32,33)34)24(39)21-16(19)9-14-10-17-23(38(3)4)26(41)22(29(35)44)28(43)30(17,45)27(42)20(14)25(21)40/h5-8,11,14,17,20,22-23,36,39,45H,9-10,12H2,1-4H3,(H2,35,44). The highest BCUT2D eigenvalue weighted by atomic mass is 19.4. The number of halogens is 3. The molecule has 6 unspecified atom stereocenters. The molecular weight excluding hydrogens is 613 g/mol. The minimum atomic E-state index is -4.85. The number of fused-ring (bicyclic) bond motifs is 3. The minimum Gasteiger partial charge on any atom is -0.505 e. The van der Waals surface area contributed by atoms with E-state index >= 15 is 0 Å². The summed E-state index contributed by atoms with van der Waals surface area (Å²) in [5.74, 6) is -12.0. The lowest BCUT2D eigenvalue weighted by Crippen LogP contribution is -2.74. The predicted octanol–water partition coefficient (Wildman–Crippen LogP) is 1.44. The smallest absolute Gasteiger partial charge is 0.505 e. The third-order valence-corrected chi connectivity index (χ3v) is 9.16. The number of Topliss-reactive ketones (excluding diaryl/α,β-unsaturated/α-hetero) is 4. The van der Waals surface area contributed by atoms with E-state index in [1.54, 1.807) is 25.1 Å². The molecule has 15 heteroatoms. The molecule has 5 rings (SSSR count). The van der Waals surface area contributed by atoms with Gasteiger partial charge in [0, 0.05) is 32.2 Å². The first-order chi connectivity index (χ1) is 21.4. The van der Waals surface area contributed by atoms with Crippen molar-refractivity contribution in [3.05, 3.63) is 47.0 Å². The summed E-state index contributed by atoms with van der Waals surface area (Å²) < 4.78 is 41.4. The van der Waals surface area contributed by atoms with Gasteiger partial charge >= 0.3 is 6.36 Å². The number of aliphatic hydroxyl groups is 1. The van der Waals surface area contributed by atoms with Gasteiger partial charge in [-0.3, -0.25) is 28.9 Å². The Bertz CT molecular complexity index is 1640. The Morgan fingerprint density at radius 2 is 1.72 bits per heavy atom. The van der Waals surface area contributed by atoms with Gasteiger partial charge in [-0.2, -0.15) is 0 Å². The van der Waals surface area contributed by atoms with Crippen LogP contribution < -0.4 is 20.7 Å². The Morgan fingerprint density at radius 3 is 2.26 bits per heavy atom. The zero-order valence-electron chi connectivity index (χ0n) is 25.3. The number of nitrogens with two attached hydrogens (primary N) is 1. The van der Waals surface area contributed by atoms with E-state index in [-0.39, 0.29) is 30.6 Å². The van der Waals surface area contributed by atoms with E-state index in [0.717, 1.165) is 12.1 Å². The summed E-state index contributed by atoms with van der Waals surface area (Å²) in [5.41, 5.74) is 3.89. The fraction of sp³-hybridized carbons (Fsp3) is 0.452. The van der Waals surface area contributed by atoms with Crippen molar-refractivity contribution in [3.63, 3.8) is 0 Å². The average molecular weight is 647 g/mol. The second kappa shape index (κ2) is 11.4. The van der Waals surface area contributed by atoms with E-state index < -0.39 is 82.2 Å². The maximum Gasteiger partial charge on any atom is 0.573 e. The fourth-order valence-corrected chi connectivity index (χ4v) is 7.19. The lowest BCUT2D eigenvalue weighted by atomic mass is 9.52. The van der Waals surface area contributed by atoms with Crippen LogP contribution in [0.2, 0.25) is 0 Å². The van der Waals surface area contributed by atoms with Crippen LogP contribution in [0.4, 0.5) is 24.5 Å². The zero-order chi connectivity index (χ0) is 34.0. The van der Waals surface area contributed by atoms with E-state index in [4.69, 9.17) is 5.73 Å². The van der Waals surface area contributed by atoms with Gasteiger partial charge in [0.05, 0.1) is 23.2 Å². The van der Waals surface area contributed by atoms with Crippen LogP contribution >= 0.6 is 0 Å². The number of anilines is 2. The molecular formula is C31H33F3N4O8. The van der Waals surface area contributed by atoms with Crippen LogP contribution in [-0.2, 0) is 32.1 Å². The van der Waals surface area contributed by atoms with Gasteiger partial charge in [-0.05, 0) is 62.2 Å². The number of hydrogen-bond acceptors (Lipinski definition) is 11. The quantitative estimate of drug-likeness (QED) is 0.253. The van der Waals surface area contributed by atoms with E-state index in [9.17, 15) is 47.4 Å². The minimum absolute atomic E-state index is 0.0229. The highest BCUT2D eigenvalue weighted by molar-refractivity contribution is 6.32. The molecule has 0 radical (unpaired) electrons. The monoisotopic (exact) mass is 646 g/mol. The van der Waals surface area contributed by atoms with Crippen molar-refractivity contribution in [1.29, 1.82) is 0 Å². The van der Waals surface area contributed by atoms with Gasteiger partial charge in [0.1, 0.15) is 11.5 Å². The fourth-order valence-electron chi connectivity index (χ4n) is 7.19. The summed E-state index contributed by atoms with van der Waals surface area (Å²) in [5, 5.41) is 26.1. The van der Waals surface area contributed by atoms with Crippen LogP contribution in [0.1, 0.15) is 27.9 Å². The van der Waals surface area contributed by atoms with Gasteiger partial charge in [-0.15, -0.1) is 13.2 Å². The summed E-state index contributed by atoms with van der Waals surface area (Å²) in [6, 6.07) is 5.42. The third kappa shape index (κ3) is 5.26. The second-order valence-corrected chi connectivity index (χ2v) is 12.4. The molecule has 3 aliphatic carbocycles. The van der Waals surface area contributed by atoms with Crippen LogP contribution in [-0.4, -0.2) is 90.3 Å². The molecule has 1 amide bonds. The van der Waals surface area contributed by atoms with E-state index in [0.29, 0.717) is 16.8 Å². The van der Waals surface area contributed by atoms with Crippen molar-refractivity contribution in [2.24, 2.45) is 29.4 Å². The summed E-state index contributed by atoms with van der Waals surface area (Å²) in [7, 11) is 6.44. The number of ketones is 4. The summed E-state index contributed by atoms with van der Waals surface area (Å²) >= 11 is 0. The van der Waals surface area contributed by atoms with E-state index in [1.807, 2.05) is 0 Å². The zero-order valence-corrected chi connectivity index (χ0v) is 25.3. The van der Waals surface area contributed by atoms with Crippen molar-refractivity contribution in [2.75, 3.05) is 38.4 Å². The number of phenols is 1. The molecule has 6 atom stereocenters. The molecule has 2 aromatic carbocycles. The molecule has 246 valence electrons. The molecule has 0 aliphatic heterocycles. The third-order valence-electron chi connectivity index (χ3n) is 9.16. The second-order valence-electron chi connectivity index (χ2n) is 12.4. The molecule has 2 aromatic rings. The average Bonchev–Trinajstić information content (AvgIpc) is 2.94. The summed E-state index contributed by atoms with van der Waals surface area (Å²) in [6.45, 7) is 0.0229. The molecule has 0 bridgehead atoms. The highest BCUT2D eigenvalue weighted by Crippen LogP contribution is 2.52. The predicted molar refractivity (Wildman–Crippen MR) is 156 cm³/mol. The number of phenolic OH excluding ortho intramolecular Hbond substituents is 1. The lowest BCUT2D eigenvalue weighted by molar-refractivity contribution is -0.274. The number of carbonyl (C=O) groups excluding carboxylic acids is 5. The Morgan fingerprint density at radius 1 is 1.09 bits per heavy atom. The van der Waals surface area contributed by atoms with Crippen LogP contribution in [0.15, 0.2) is 30.3 Å². The highest BCUT2D eigenvalue weighted by Gasteiger charge is 2.69. The molecule has 2 saturated carbocycles. The number of aromatic hydroxyl groups is 1. The Kier molecular flexibility index (Phi) is 8.14. The maximum absolute atomic E-state index is 14.1. The van der Waals surface area contributed by atoms with Crippen LogP contribution in [0.5, 0.6) is 11.5 Å². The van der Waals surface area contributed by atoms with E-state index in [1.165, 1.54) is 31.1 Å². The first-order valence-electron chi connectivity index (χ1n) is 14.4. The number of likely N-dealkylation sites (N-methyl/N-ethyl adjacent to an activating group) is 1. The molecule has 0 heterocycles. The molecule has 0 spiro atoms. The summed E-state index contributed by atoms with van der Waals surface area (Å²) in [6.07, 6.45) is -4.84. The number of rotatable bonds is 7. The normalized spacial score (nSPS) is 27.5. The molecule has 2 fully saturated rings. The Labute approximate surface area is 261 Å². The van der Waals surface area contributed by atoms with Crippen molar-refractivity contribution in [3.8, 4) is 11.5 Å². The SMILES string of the molecule is CN(C)c1cc(NCc2ccc(OC(F)(F)F)cc2)c(O)c2c1CC1CC3C(N(C)C)C(=O)C(C(N)=O)C(=O)C3(O)C(=O)C1C2=O. The van der Waals surface area contributed by atoms with Crippen LogP contribution in [0, 0.1) is 23.7 Å². The molecule has 0 saturated heterocycles. The first-order valence-corrected chi connectivity index (χ1v) is 14.4. The Balaban J connectivity index is 1.52. The molecule has 5 N–H and O–H groups in total. The lowest BCUT2D eigenvalue weighted by Gasteiger charge is -2.52. The molecule has 46 heavy (non-hydrogen) atoms. The van der Waals surface area contributed by atoms with Crippen LogP contribution in [0.25, 0.3) is 0 Å². The first kappa shape index (κ1) is 32.9. The number of nitrogens with one attached hydrogen (secondary N) is 1. The molecule has 3 aliphatic rings. The molecule has 0 aromatic heterocycles. The molecule has 12 nitrogen and oxygen atoms in total. The topological polar surface area (TPSA) is 180 Å². The van der Waals surface area contributed by atoms with Crippen molar-refractivity contribution >= 4 is 40.4 Å². The number of alkyl halides is 3. The van der Waals surface area contributed by atoms with Gasteiger partial charge in [-0.1, -0.05) is 12.1 Å². The van der Waals surface area contributed by atoms with Crippen molar-refractivity contribution in [1.82, 2.24) is 4.90 Å². The largest absolute Gasteiger partial charge is 0.573 e. The van der Waals surface area contributed by atoms with Gasteiger partial charge in [0.25, 0.3) is 0 Å². The Hall–Kier alpha value is -4.50. The van der Waals surface area contributed by atoms with Crippen molar-refractivity contribution in [2.45, 2.75) is 37.4 Å². The number of benzene rings is 2. The van der Waals surface area contributed by atoms with Crippen LogP contribution in [0.3, 0.4) is 0 Å². The number of carbonyl (C=O) groups is 5. The van der Waals surface area contributed by atoms with Gasteiger partial charge in [0.15, 0.2) is 34.7 Å². The van der Waals surface area contributed by atoms with E-state index in [2.05, 4.69) is 10.1 Å². The van der Waals surface area contributed by atoms with Gasteiger partial charge in [0.2, 0.25) is 5.91 Å². The maximum atomic E-state index is 14.1.